The predicted octanol–water partition coefficient (Wildman–Crippen LogP) is 5.05. The molecule has 0 saturated carbocycles. The summed E-state index contributed by atoms with van der Waals surface area (Å²) in [6, 6.07) is 20.8. The molecule has 9 heteroatoms. The number of sulfone groups is 2. The van der Waals surface area contributed by atoms with Crippen molar-refractivity contribution < 1.29 is 16.8 Å². The van der Waals surface area contributed by atoms with Gasteiger partial charge in [0.2, 0.25) is 0 Å². The Morgan fingerprint density at radius 1 is 0.711 bits per heavy atom. The summed E-state index contributed by atoms with van der Waals surface area (Å²) in [7, 11) is -5.73. The summed E-state index contributed by atoms with van der Waals surface area (Å²) in [6.07, 6.45) is 5.77. The quantitative estimate of drug-likeness (QED) is 0.332. The van der Waals surface area contributed by atoms with Crippen molar-refractivity contribution in [2.45, 2.75) is 68.9 Å². The summed E-state index contributed by atoms with van der Waals surface area (Å²) in [5.74, 6) is 0.716. The van der Waals surface area contributed by atoms with Gasteiger partial charge in [0.1, 0.15) is 0 Å². The van der Waals surface area contributed by atoms with E-state index in [1.54, 1.807) is 0 Å². The van der Waals surface area contributed by atoms with E-state index in [2.05, 4.69) is 48.3 Å². The normalized spacial score (nSPS) is 16.6. The Bertz CT molecular complexity index is 1100. The van der Waals surface area contributed by atoms with E-state index in [4.69, 9.17) is 0 Å². The van der Waals surface area contributed by atoms with Crippen LogP contribution in [-0.4, -0.2) is 69.9 Å². The van der Waals surface area contributed by atoms with Gasteiger partial charge < -0.3 is 5.32 Å². The molecule has 0 radical (unpaired) electrons. The summed E-state index contributed by atoms with van der Waals surface area (Å²) in [6.45, 7) is 6.76. The van der Waals surface area contributed by atoms with Gasteiger partial charge in [0, 0.05) is 26.2 Å². The number of nitrogens with zero attached hydrogens (tertiary/aromatic N) is 1. The fourth-order valence-electron chi connectivity index (χ4n) is 4.75. The molecular weight excluding hydrogens is 540 g/mol. The average molecular weight is 585 g/mol. The zero-order chi connectivity index (χ0) is 26.7. The topological polar surface area (TPSA) is 83.6 Å². The second kappa shape index (κ2) is 16.0. The maximum absolute atomic E-state index is 12.5. The molecule has 1 N–H and O–H groups in total. The molecule has 2 aliphatic rings. The molecule has 6 nitrogen and oxygen atoms in total. The first kappa shape index (κ1) is 32.8. The lowest BCUT2D eigenvalue weighted by molar-refractivity contribution is 0.144. The third-order valence-electron chi connectivity index (χ3n) is 7.30. The van der Waals surface area contributed by atoms with Crippen molar-refractivity contribution in [2.24, 2.45) is 0 Å². The molecule has 214 valence electrons. The van der Waals surface area contributed by atoms with Crippen LogP contribution < -0.4 is 5.32 Å². The summed E-state index contributed by atoms with van der Waals surface area (Å²) in [5, 5.41) is 2.68. The van der Waals surface area contributed by atoms with E-state index >= 15 is 0 Å². The Balaban J connectivity index is 0.000000330. The number of hydrogen-bond donors (Lipinski definition) is 1. The van der Waals surface area contributed by atoms with E-state index in [9.17, 15) is 16.8 Å². The monoisotopic (exact) mass is 584 g/mol. The maximum atomic E-state index is 12.5. The molecule has 2 heterocycles. The maximum Gasteiger partial charge on any atom is 0.155 e. The van der Waals surface area contributed by atoms with Gasteiger partial charge in [-0.2, -0.15) is 0 Å². The molecular formula is C29H45ClN2O4S2. The largest absolute Gasteiger partial charge is 0.314 e. The van der Waals surface area contributed by atoms with Crippen LogP contribution in [0, 0.1) is 0 Å². The fourth-order valence-corrected chi connectivity index (χ4v) is 8.21. The van der Waals surface area contributed by atoms with Crippen molar-refractivity contribution in [3.05, 3.63) is 71.8 Å². The average Bonchev–Trinajstić information content (AvgIpc) is 2.81. The van der Waals surface area contributed by atoms with E-state index in [1.165, 1.54) is 11.1 Å². The molecule has 2 saturated heterocycles. The molecule has 0 aromatic heterocycles. The summed E-state index contributed by atoms with van der Waals surface area (Å²) in [5.41, 5.74) is 2.44. The van der Waals surface area contributed by atoms with Crippen LogP contribution in [0.2, 0.25) is 0 Å². The molecule has 2 aromatic carbocycles. The number of halogens is 1. The minimum atomic E-state index is -2.97. The Morgan fingerprint density at radius 2 is 1.13 bits per heavy atom. The van der Waals surface area contributed by atoms with Crippen molar-refractivity contribution in [3.8, 4) is 0 Å². The van der Waals surface area contributed by atoms with Gasteiger partial charge in [0.05, 0.1) is 28.0 Å². The highest BCUT2D eigenvalue weighted by atomic mass is 35.5. The van der Waals surface area contributed by atoms with Crippen molar-refractivity contribution in [1.82, 2.24) is 10.2 Å². The summed E-state index contributed by atoms with van der Waals surface area (Å²) in [4.78, 5) is 2.28. The highest BCUT2D eigenvalue weighted by Crippen LogP contribution is 2.34. The van der Waals surface area contributed by atoms with Crippen molar-refractivity contribution >= 4 is 32.1 Å². The third kappa shape index (κ3) is 9.33. The van der Waals surface area contributed by atoms with Crippen molar-refractivity contribution in [2.75, 3.05) is 37.7 Å². The van der Waals surface area contributed by atoms with Gasteiger partial charge in [-0.05, 0) is 24.0 Å². The molecule has 0 aliphatic carbocycles. The molecule has 2 aliphatic heterocycles. The van der Waals surface area contributed by atoms with Gasteiger partial charge in [0.25, 0.3) is 0 Å². The molecule has 0 bridgehead atoms. The second-order valence-corrected chi connectivity index (χ2v) is 15.0. The van der Waals surface area contributed by atoms with E-state index in [0.29, 0.717) is 37.7 Å². The molecule has 0 atom stereocenters. The first-order chi connectivity index (χ1) is 17.8. The molecule has 2 fully saturated rings. The molecule has 2 aromatic rings. The van der Waals surface area contributed by atoms with Crippen LogP contribution in [-0.2, 0) is 19.7 Å². The van der Waals surface area contributed by atoms with E-state index in [0.717, 1.165) is 38.5 Å². The van der Waals surface area contributed by atoms with Gasteiger partial charge in [-0.25, -0.2) is 16.8 Å². The molecule has 0 spiro atoms. The lowest BCUT2D eigenvalue weighted by Gasteiger charge is -2.44. The third-order valence-corrected chi connectivity index (χ3v) is 11.7. The van der Waals surface area contributed by atoms with Crippen LogP contribution in [0.4, 0.5) is 0 Å². The molecule has 0 amide bonds. The van der Waals surface area contributed by atoms with Gasteiger partial charge in [-0.1, -0.05) is 100 Å². The lowest BCUT2D eigenvalue weighted by Crippen LogP contribution is -2.56. The number of hydrogen-bond acceptors (Lipinski definition) is 6. The molecule has 0 unspecified atom stereocenters. The Morgan fingerprint density at radius 3 is 1.50 bits per heavy atom. The smallest absolute Gasteiger partial charge is 0.155 e. The number of likely N-dealkylation sites (tertiary alicyclic amines) is 1. The number of rotatable bonds is 13. The number of benzene rings is 2. The minimum Gasteiger partial charge on any atom is -0.314 e. The zero-order valence-corrected chi connectivity index (χ0v) is 25.2. The first-order valence-corrected chi connectivity index (χ1v) is 17.2. The van der Waals surface area contributed by atoms with Gasteiger partial charge in [0.15, 0.2) is 19.7 Å². The van der Waals surface area contributed by atoms with Crippen LogP contribution in [0.3, 0.4) is 0 Å². The Kier molecular flexibility index (Phi) is 13.8. The number of unbranched alkanes of at least 4 members (excludes halogenated alkanes) is 4. The van der Waals surface area contributed by atoms with Gasteiger partial charge in [-0.15, -0.1) is 12.4 Å². The van der Waals surface area contributed by atoms with Gasteiger partial charge >= 0.3 is 0 Å². The second-order valence-electron chi connectivity index (χ2n) is 10.2. The predicted molar refractivity (Wildman–Crippen MR) is 161 cm³/mol. The van der Waals surface area contributed by atoms with E-state index in [1.807, 2.05) is 36.4 Å². The summed E-state index contributed by atoms with van der Waals surface area (Å²) < 4.78 is 47.9. The number of nitrogens with one attached hydrogen (secondary N) is 1. The van der Waals surface area contributed by atoms with Crippen LogP contribution in [0.15, 0.2) is 60.7 Å². The molecule has 4 rings (SSSR count). The minimum absolute atomic E-state index is 0. The highest BCUT2D eigenvalue weighted by molar-refractivity contribution is 7.92. The van der Waals surface area contributed by atoms with Crippen molar-refractivity contribution in [1.29, 1.82) is 0 Å². The van der Waals surface area contributed by atoms with Gasteiger partial charge in [-0.3, -0.25) is 4.90 Å². The van der Waals surface area contributed by atoms with Crippen LogP contribution in [0.25, 0.3) is 0 Å². The van der Waals surface area contributed by atoms with E-state index in [-0.39, 0.29) is 28.9 Å². The van der Waals surface area contributed by atoms with Crippen LogP contribution >= 0.6 is 12.4 Å². The first-order valence-electron chi connectivity index (χ1n) is 13.8. The van der Waals surface area contributed by atoms with Crippen LogP contribution in [0.5, 0.6) is 0 Å². The summed E-state index contributed by atoms with van der Waals surface area (Å²) >= 11 is 0. The van der Waals surface area contributed by atoms with E-state index < -0.39 is 19.7 Å². The fraction of sp³-hybridized carbons (Fsp3) is 0.586. The lowest BCUT2D eigenvalue weighted by atomic mass is 9.94. The molecule has 38 heavy (non-hydrogen) atoms. The van der Waals surface area contributed by atoms with Crippen LogP contribution in [0.1, 0.15) is 69.5 Å². The zero-order valence-electron chi connectivity index (χ0n) is 22.8. The standard InChI is InChI=1S/C21H27NO2S.C8H17NO2S.ClH/c1-2-3-10-15-25(23,24)20-16-22(17-20)21(18-11-6-4-7-12-18)19-13-8-5-9-14-19;1-2-3-4-5-12(10,11)8-6-9-7-8;/h4-9,11-14,20-21H,2-3,10,15-17H2,1H3;8-9H,2-7H2,1H3;1H. The SMILES string of the molecule is CCCCCS(=O)(=O)C1CN(C(c2ccccc2)c2ccccc2)C1.CCCCCS(=O)(=O)C1CNC1.Cl. The van der Waals surface area contributed by atoms with Crippen molar-refractivity contribution in [3.63, 3.8) is 0 Å². The Labute approximate surface area is 236 Å². The highest BCUT2D eigenvalue weighted by Gasteiger charge is 2.40. The Hall–Kier alpha value is -1.45.